The van der Waals surface area contributed by atoms with Crippen molar-refractivity contribution in [2.45, 2.75) is 62.6 Å². The van der Waals surface area contributed by atoms with E-state index in [0.29, 0.717) is 24.9 Å². The first-order valence-electron chi connectivity index (χ1n) is 11.8. The second-order valence-corrected chi connectivity index (χ2v) is 9.99. The first-order chi connectivity index (χ1) is 16.5. The molecule has 1 saturated carbocycles. The molecule has 0 radical (unpaired) electrons. The zero-order valence-corrected chi connectivity index (χ0v) is 19.3. The van der Waals surface area contributed by atoms with Crippen molar-refractivity contribution in [2.24, 2.45) is 5.92 Å². The minimum Gasteiger partial charge on any atom is -0.380 e. The van der Waals surface area contributed by atoms with Gasteiger partial charge in [-0.1, -0.05) is 0 Å². The van der Waals surface area contributed by atoms with Gasteiger partial charge in [-0.2, -0.15) is 18.3 Å². The molecule has 1 amide bonds. The lowest BCUT2D eigenvalue weighted by Crippen LogP contribution is -2.57. The zero-order valence-electron chi connectivity index (χ0n) is 19.3. The van der Waals surface area contributed by atoms with Gasteiger partial charge in [-0.3, -0.25) is 4.79 Å². The quantitative estimate of drug-likeness (QED) is 0.511. The fourth-order valence-corrected chi connectivity index (χ4v) is 6.05. The molecule has 1 fully saturated rings. The second kappa shape index (κ2) is 8.33. The number of aryl methyl sites for hydroxylation is 1. The van der Waals surface area contributed by atoms with Crippen molar-refractivity contribution in [1.29, 1.82) is 0 Å². The maximum absolute atomic E-state index is 13.8. The number of benzene rings is 2. The molecule has 3 aromatic rings. The molecule has 35 heavy (non-hydrogen) atoms. The Morgan fingerprint density at radius 2 is 1.97 bits per heavy atom. The van der Waals surface area contributed by atoms with Crippen LogP contribution in [0.2, 0.25) is 0 Å². The van der Waals surface area contributed by atoms with Gasteiger partial charge in [-0.15, -0.1) is 0 Å². The predicted molar refractivity (Wildman–Crippen MR) is 123 cm³/mol. The van der Waals surface area contributed by atoms with E-state index in [2.05, 4.69) is 10.4 Å². The Morgan fingerprint density at radius 1 is 1.23 bits per heavy atom. The van der Waals surface area contributed by atoms with Crippen molar-refractivity contribution < 1.29 is 27.5 Å². The molecule has 2 aliphatic carbocycles. The Hall–Kier alpha value is -2.94. The van der Waals surface area contributed by atoms with E-state index >= 15 is 0 Å². The van der Waals surface area contributed by atoms with E-state index in [-0.39, 0.29) is 31.1 Å². The molecule has 3 unspecified atom stereocenters. The van der Waals surface area contributed by atoms with Crippen LogP contribution in [0.1, 0.15) is 50.2 Å². The van der Waals surface area contributed by atoms with E-state index in [1.54, 1.807) is 23.0 Å². The summed E-state index contributed by atoms with van der Waals surface area (Å²) in [4.78, 5) is 11.9. The Kier molecular flexibility index (Phi) is 5.66. The maximum atomic E-state index is 13.8. The Morgan fingerprint density at radius 3 is 2.66 bits per heavy atom. The van der Waals surface area contributed by atoms with Crippen LogP contribution < -0.4 is 5.32 Å². The first-order valence-corrected chi connectivity index (χ1v) is 11.8. The summed E-state index contributed by atoms with van der Waals surface area (Å²) in [6.45, 7) is 1.61. The number of carbonyl (C=O) groups excluding carboxylic acids is 1. The largest absolute Gasteiger partial charge is 0.417 e. The molecule has 3 atom stereocenters. The summed E-state index contributed by atoms with van der Waals surface area (Å²) in [7, 11) is 0. The average Bonchev–Trinajstić information content (AvgIpc) is 3.14. The van der Waals surface area contributed by atoms with Crippen LogP contribution in [0.3, 0.4) is 0 Å². The number of aromatic nitrogens is 2. The number of hydrogen-bond donors (Lipinski definition) is 2. The summed E-state index contributed by atoms with van der Waals surface area (Å²) in [5.74, 6) is -1.03. The molecule has 0 aliphatic heterocycles. The highest BCUT2D eigenvalue weighted by Crippen LogP contribution is 2.55. The molecule has 0 spiro atoms. The van der Waals surface area contributed by atoms with Crippen molar-refractivity contribution in [3.05, 3.63) is 59.5 Å². The third-order valence-corrected chi connectivity index (χ3v) is 7.93. The number of fused-ring (bicyclic) bond motifs is 4. The Bertz CT molecular complexity index is 1270. The summed E-state index contributed by atoms with van der Waals surface area (Å²) < 4.78 is 56.4. The lowest BCUT2D eigenvalue weighted by molar-refractivity contribution is -0.279. The summed E-state index contributed by atoms with van der Waals surface area (Å²) in [5, 5.41) is 18.7. The molecule has 9 heteroatoms. The molecule has 5 rings (SSSR count). The lowest BCUT2D eigenvalue weighted by atomic mass is 9.57. The van der Waals surface area contributed by atoms with Crippen LogP contribution in [-0.4, -0.2) is 39.1 Å². The molecule has 2 N–H and O–H groups in total. The van der Waals surface area contributed by atoms with Crippen LogP contribution in [0, 0.1) is 11.7 Å². The van der Waals surface area contributed by atoms with Crippen LogP contribution in [0.5, 0.6) is 0 Å². The zero-order chi connectivity index (χ0) is 25.0. The van der Waals surface area contributed by atoms with E-state index in [1.165, 1.54) is 19.1 Å². The maximum Gasteiger partial charge on any atom is 0.417 e. The predicted octanol–water partition coefficient (Wildman–Crippen LogP) is 4.97. The molecule has 5 nitrogen and oxygen atoms in total. The normalized spacial score (nSPS) is 26.6. The first kappa shape index (κ1) is 23.8. The van der Waals surface area contributed by atoms with Crippen LogP contribution in [0.25, 0.3) is 16.6 Å². The molecule has 1 aromatic heterocycles. The van der Waals surface area contributed by atoms with Gasteiger partial charge >= 0.3 is 6.18 Å². The van der Waals surface area contributed by atoms with Crippen molar-refractivity contribution in [2.75, 3.05) is 6.54 Å². The standard InChI is InChI=1S/C26H27F4N3O2/c1-16(34)31-15-24-9-10-25(35,26(28,29)30)13-19(24)4-2-3-17-12-23-18(11-22(17)24)14-32-33(23)21-7-5-20(27)6-8-21/h5-8,11-12,14,19,35H,2-4,9-10,13,15H2,1H3,(H,31,34). The average molecular weight is 490 g/mol. The number of alkyl halides is 3. The van der Waals surface area contributed by atoms with E-state index < -0.39 is 29.5 Å². The van der Waals surface area contributed by atoms with Crippen LogP contribution in [0.15, 0.2) is 42.6 Å². The van der Waals surface area contributed by atoms with Crippen LogP contribution in [-0.2, 0) is 16.6 Å². The van der Waals surface area contributed by atoms with E-state index in [1.807, 2.05) is 12.1 Å². The highest BCUT2D eigenvalue weighted by molar-refractivity contribution is 5.83. The number of hydrogen-bond acceptors (Lipinski definition) is 3. The number of nitrogens with one attached hydrogen (secondary N) is 1. The van der Waals surface area contributed by atoms with Gasteiger partial charge in [0.15, 0.2) is 5.60 Å². The highest BCUT2D eigenvalue weighted by Gasteiger charge is 2.61. The van der Waals surface area contributed by atoms with Gasteiger partial charge in [0.05, 0.1) is 17.4 Å². The van der Waals surface area contributed by atoms with Crippen molar-refractivity contribution in [3.63, 3.8) is 0 Å². The van der Waals surface area contributed by atoms with Gasteiger partial charge in [0.1, 0.15) is 5.82 Å². The molecule has 1 heterocycles. The topological polar surface area (TPSA) is 67.2 Å². The highest BCUT2D eigenvalue weighted by atomic mass is 19.4. The monoisotopic (exact) mass is 489 g/mol. The summed E-state index contributed by atoms with van der Waals surface area (Å²) in [6.07, 6.45) is -1.85. The van der Waals surface area contributed by atoms with Gasteiger partial charge in [-0.25, -0.2) is 9.07 Å². The van der Waals surface area contributed by atoms with Gasteiger partial charge in [-0.05, 0) is 92.0 Å². The third kappa shape index (κ3) is 3.99. The number of carbonyl (C=O) groups is 1. The van der Waals surface area contributed by atoms with Gasteiger partial charge in [0.2, 0.25) is 5.91 Å². The molecular weight excluding hydrogens is 462 g/mol. The van der Waals surface area contributed by atoms with Gasteiger partial charge in [0, 0.05) is 24.3 Å². The minimum absolute atomic E-state index is 0.110. The van der Waals surface area contributed by atoms with Crippen molar-refractivity contribution in [1.82, 2.24) is 15.1 Å². The Balaban J connectivity index is 1.63. The van der Waals surface area contributed by atoms with E-state index in [0.717, 1.165) is 22.0 Å². The second-order valence-electron chi connectivity index (χ2n) is 9.99. The molecule has 0 bridgehead atoms. The van der Waals surface area contributed by atoms with Crippen molar-refractivity contribution in [3.8, 4) is 5.69 Å². The lowest BCUT2D eigenvalue weighted by Gasteiger charge is -2.50. The number of rotatable bonds is 3. The van der Waals surface area contributed by atoms with Crippen molar-refractivity contribution >= 4 is 16.8 Å². The van der Waals surface area contributed by atoms with E-state index in [9.17, 15) is 27.5 Å². The number of nitrogens with zero attached hydrogens (tertiary/aromatic N) is 2. The van der Waals surface area contributed by atoms with Crippen LogP contribution >= 0.6 is 0 Å². The molecule has 2 aliphatic rings. The van der Waals surface area contributed by atoms with Crippen LogP contribution in [0.4, 0.5) is 17.6 Å². The number of halogens is 4. The third-order valence-electron chi connectivity index (χ3n) is 7.93. The summed E-state index contributed by atoms with van der Waals surface area (Å²) >= 11 is 0. The number of aliphatic hydroxyl groups is 1. The van der Waals surface area contributed by atoms with Gasteiger partial charge in [0.25, 0.3) is 0 Å². The Labute approximate surface area is 200 Å². The molecular formula is C26H27F4N3O2. The molecule has 2 aromatic carbocycles. The number of amides is 1. The SMILES string of the molecule is CC(=O)NCC12CCC(O)(C(F)(F)F)CC1CCCc1cc3c(cnn3-c3ccc(F)cc3)cc12. The van der Waals surface area contributed by atoms with E-state index in [4.69, 9.17) is 0 Å². The minimum atomic E-state index is -4.71. The fourth-order valence-electron chi connectivity index (χ4n) is 6.05. The fraction of sp³-hybridized carbons (Fsp3) is 0.462. The summed E-state index contributed by atoms with van der Waals surface area (Å²) in [5.41, 5.74) is 0.0104. The molecule has 186 valence electrons. The smallest absolute Gasteiger partial charge is 0.380 e. The summed E-state index contributed by atoms with van der Waals surface area (Å²) in [6, 6.07) is 10.0. The van der Waals surface area contributed by atoms with Gasteiger partial charge < -0.3 is 10.4 Å². The molecule has 0 saturated heterocycles.